The molecule has 0 amide bonds. The molecule has 0 N–H and O–H groups in total. The van der Waals surface area contributed by atoms with Crippen molar-refractivity contribution >= 4 is 0 Å². The summed E-state index contributed by atoms with van der Waals surface area (Å²) in [6.07, 6.45) is 4.41. The third-order valence-corrected chi connectivity index (χ3v) is 2.00. The van der Waals surface area contributed by atoms with E-state index in [-0.39, 0.29) is 5.82 Å². The van der Waals surface area contributed by atoms with E-state index >= 15 is 0 Å². The quantitative estimate of drug-likeness (QED) is 0.752. The highest BCUT2D eigenvalue weighted by Crippen LogP contribution is 2.27. The Balaban J connectivity index is 2.56. The van der Waals surface area contributed by atoms with Crippen LogP contribution in [0.2, 0.25) is 0 Å². The molecule has 0 bridgehead atoms. The van der Waals surface area contributed by atoms with Gasteiger partial charge in [0.25, 0.3) is 0 Å². The van der Waals surface area contributed by atoms with Gasteiger partial charge in [0.1, 0.15) is 5.82 Å². The molecule has 2 aromatic heterocycles. The molecule has 15 heavy (non-hydrogen) atoms. The normalized spacial score (nSPS) is 10.0. The summed E-state index contributed by atoms with van der Waals surface area (Å²) in [5, 5.41) is 0. The van der Waals surface area contributed by atoms with E-state index in [4.69, 9.17) is 4.74 Å². The van der Waals surface area contributed by atoms with Gasteiger partial charge in [-0.15, -0.1) is 0 Å². The predicted molar refractivity (Wildman–Crippen MR) is 54.0 cm³/mol. The summed E-state index contributed by atoms with van der Waals surface area (Å²) in [5.41, 5.74) is 1.45. The fourth-order valence-corrected chi connectivity index (χ4v) is 1.33. The van der Waals surface area contributed by atoms with Crippen LogP contribution in [0.1, 0.15) is 0 Å². The Bertz CT molecular complexity index is 459. The molecule has 0 spiro atoms. The van der Waals surface area contributed by atoms with E-state index in [9.17, 15) is 4.39 Å². The van der Waals surface area contributed by atoms with E-state index in [0.29, 0.717) is 11.4 Å². The number of methoxy groups -OCH3 is 1. The van der Waals surface area contributed by atoms with Gasteiger partial charge < -0.3 is 4.74 Å². The molecule has 0 saturated heterocycles. The van der Waals surface area contributed by atoms with Crippen molar-refractivity contribution in [2.24, 2.45) is 0 Å². The van der Waals surface area contributed by atoms with Crippen molar-refractivity contribution in [3.8, 4) is 17.0 Å². The molecule has 76 valence electrons. The third kappa shape index (κ3) is 1.93. The van der Waals surface area contributed by atoms with Gasteiger partial charge in [-0.3, -0.25) is 4.98 Å². The Morgan fingerprint density at radius 2 is 2.00 bits per heavy atom. The van der Waals surface area contributed by atoms with Crippen molar-refractivity contribution in [2.45, 2.75) is 0 Å². The first-order chi connectivity index (χ1) is 7.31. The van der Waals surface area contributed by atoms with E-state index < -0.39 is 0 Å². The molecule has 0 aliphatic rings. The fraction of sp³-hybridized carbons (Fsp3) is 0.0909. The second-order valence-electron chi connectivity index (χ2n) is 2.95. The smallest absolute Gasteiger partial charge is 0.221 e. The second kappa shape index (κ2) is 4.04. The number of hydrogen-bond acceptors (Lipinski definition) is 3. The summed E-state index contributed by atoms with van der Waals surface area (Å²) in [5.74, 6) is 0.0187. The SMILES string of the molecule is COc1ncc(F)cc1-c1ccncc1. The van der Waals surface area contributed by atoms with Crippen LogP contribution in [0, 0.1) is 5.82 Å². The molecule has 0 atom stereocenters. The van der Waals surface area contributed by atoms with Crippen LogP contribution in [0.25, 0.3) is 11.1 Å². The Hall–Kier alpha value is -1.97. The summed E-state index contributed by atoms with van der Waals surface area (Å²) in [6, 6.07) is 4.94. The van der Waals surface area contributed by atoms with Gasteiger partial charge in [-0.2, -0.15) is 0 Å². The molecule has 0 radical (unpaired) electrons. The first kappa shape index (κ1) is 9.58. The topological polar surface area (TPSA) is 35.0 Å². The average molecular weight is 204 g/mol. The van der Waals surface area contributed by atoms with Crippen LogP contribution in [-0.4, -0.2) is 17.1 Å². The number of aromatic nitrogens is 2. The highest BCUT2D eigenvalue weighted by Gasteiger charge is 2.07. The van der Waals surface area contributed by atoms with Crippen LogP contribution in [0.4, 0.5) is 4.39 Å². The Morgan fingerprint density at radius 3 is 2.67 bits per heavy atom. The van der Waals surface area contributed by atoms with Crippen LogP contribution in [0.15, 0.2) is 36.8 Å². The highest BCUT2D eigenvalue weighted by molar-refractivity contribution is 5.67. The highest BCUT2D eigenvalue weighted by atomic mass is 19.1. The molecule has 0 fully saturated rings. The fourth-order valence-electron chi connectivity index (χ4n) is 1.33. The molecule has 0 aliphatic carbocycles. The molecule has 3 nitrogen and oxygen atoms in total. The zero-order valence-electron chi connectivity index (χ0n) is 8.14. The molecule has 2 heterocycles. The summed E-state index contributed by atoms with van der Waals surface area (Å²) in [4.78, 5) is 7.75. The van der Waals surface area contributed by atoms with Gasteiger partial charge in [-0.25, -0.2) is 9.37 Å². The van der Waals surface area contributed by atoms with E-state index in [1.165, 1.54) is 13.2 Å². The minimum Gasteiger partial charge on any atom is -0.481 e. The van der Waals surface area contributed by atoms with E-state index in [2.05, 4.69) is 9.97 Å². The molecule has 2 aromatic rings. The minimum atomic E-state index is -0.386. The van der Waals surface area contributed by atoms with Crippen molar-refractivity contribution in [1.82, 2.24) is 9.97 Å². The van der Waals surface area contributed by atoms with Gasteiger partial charge in [0.2, 0.25) is 5.88 Å². The van der Waals surface area contributed by atoms with Gasteiger partial charge in [0.15, 0.2) is 0 Å². The Morgan fingerprint density at radius 1 is 1.27 bits per heavy atom. The Kier molecular flexibility index (Phi) is 2.58. The molecule has 0 aromatic carbocycles. The molecule has 0 aliphatic heterocycles. The standard InChI is InChI=1S/C11H9FN2O/c1-15-11-10(6-9(12)7-14-11)8-2-4-13-5-3-8/h2-7H,1H3. The van der Waals surface area contributed by atoms with Crippen molar-refractivity contribution < 1.29 is 9.13 Å². The maximum absolute atomic E-state index is 13.0. The number of ether oxygens (including phenoxy) is 1. The zero-order valence-corrected chi connectivity index (χ0v) is 8.14. The number of rotatable bonds is 2. The zero-order chi connectivity index (χ0) is 10.7. The van der Waals surface area contributed by atoms with Gasteiger partial charge in [-0.1, -0.05) is 0 Å². The second-order valence-corrected chi connectivity index (χ2v) is 2.95. The molecule has 0 unspecified atom stereocenters. The molecular weight excluding hydrogens is 195 g/mol. The number of nitrogens with zero attached hydrogens (tertiary/aromatic N) is 2. The number of halogens is 1. The van der Waals surface area contributed by atoms with Gasteiger partial charge >= 0.3 is 0 Å². The lowest BCUT2D eigenvalue weighted by atomic mass is 10.1. The molecule has 2 rings (SSSR count). The summed E-state index contributed by atoms with van der Waals surface area (Å²) >= 11 is 0. The largest absolute Gasteiger partial charge is 0.481 e. The number of hydrogen-bond donors (Lipinski definition) is 0. The predicted octanol–water partition coefficient (Wildman–Crippen LogP) is 2.29. The van der Waals surface area contributed by atoms with E-state index in [1.54, 1.807) is 24.5 Å². The van der Waals surface area contributed by atoms with E-state index in [0.717, 1.165) is 11.8 Å². The van der Waals surface area contributed by atoms with Crippen LogP contribution in [0.3, 0.4) is 0 Å². The van der Waals surface area contributed by atoms with Crippen LogP contribution in [0.5, 0.6) is 5.88 Å². The summed E-state index contributed by atoms with van der Waals surface area (Å²) in [7, 11) is 1.50. The number of pyridine rings is 2. The molecule has 0 saturated carbocycles. The lowest BCUT2D eigenvalue weighted by Gasteiger charge is -2.06. The van der Waals surface area contributed by atoms with Crippen molar-refractivity contribution in [2.75, 3.05) is 7.11 Å². The van der Waals surface area contributed by atoms with Gasteiger partial charge in [0, 0.05) is 18.0 Å². The van der Waals surface area contributed by atoms with E-state index in [1.807, 2.05) is 0 Å². The molecule has 4 heteroatoms. The summed E-state index contributed by atoms with van der Waals surface area (Å²) in [6.45, 7) is 0. The monoisotopic (exact) mass is 204 g/mol. The Labute approximate surface area is 86.6 Å². The van der Waals surface area contributed by atoms with Crippen LogP contribution in [-0.2, 0) is 0 Å². The molecular formula is C11H9FN2O. The maximum Gasteiger partial charge on any atom is 0.221 e. The van der Waals surface area contributed by atoms with Crippen molar-refractivity contribution in [3.63, 3.8) is 0 Å². The average Bonchev–Trinajstić information content (AvgIpc) is 2.30. The van der Waals surface area contributed by atoms with Crippen molar-refractivity contribution in [1.29, 1.82) is 0 Å². The van der Waals surface area contributed by atoms with Crippen LogP contribution >= 0.6 is 0 Å². The lowest BCUT2D eigenvalue weighted by Crippen LogP contribution is -1.92. The maximum atomic E-state index is 13.0. The lowest BCUT2D eigenvalue weighted by molar-refractivity contribution is 0.397. The van der Waals surface area contributed by atoms with Crippen molar-refractivity contribution in [3.05, 3.63) is 42.6 Å². The summed E-state index contributed by atoms with van der Waals surface area (Å²) < 4.78 is 18.1. The van der Waals surface area contributed by atoms with Crippen LogP contribution < -0.4 is 4.74 Å². The van der Waals surface area contributed by atoms with Gasteiger partial charge in [0.05, 0.1) is 13.3 Å². The first-order valence-electron chi connectivity index (χ1n) is 4.41. The minimum absolute atomic E-state index is 0.386. The first-order valence-corrected chi connectivity index (χ1v) is 4.41. The van der Waals surface area contributed by atoms with Gasteiger partial charge in [-0.05, 0) is 23.8 Å². The third-order valence-electron chi connectivity index (χ3n) is 2.00.